The van der Waals surface area contributed by atoms with Gasteiger partial charge in [-0.25, -0.2) is 19.7 Å². The molecule has 0 bridgehead atoms. The van der Waals surface area contributed by atoms with E-state index in [1.807, 2.05) is 6.92 Å². The van der Waals surface area contributed by atoms with Crippen LogP contribution in [0.2, 0.25) is 0 Å². The van der Waals surface area contributed by atoms with Crippen molar-refractivity contribution in [1.82, 2.24) is 35.5 Å². The molecule has 7 N–H and O–H groups in total. The van der Waals surface area contributed by atoms with E-state index in [4.69, 9.17) is 10.5 Å². The van der Waals surface area contributed by atoms with E-state index in [0.29, 0.717) is 42.1 Å². The molecule has 2 fully saturated rings. The Kier molecular flexibility index (Phi) is 10.8. The van der Waals surface area contributed by atoms with Crippen LogP contribution in [0, 0.1) is 11.8 Å². The summed E-state index contributed by atoms with van der Waals surface area (Å²) in [6.45, 7) is 2.59. The number of aliphatic hydroxyl groups is 2. The topological polar surface area (TPSA) is 190 Å². The number of hydrogen-bond donors (Lipinski definition) is 6. The van der Waals surface area contributed by atoms with Gasteiger partial charge in [0.15, 0.2) is 17.7 Å². The summed E-state index contributed by atoms with van der Waals surface area (Å²) in [6.07, 6.45) is 4.87. The smallest absolute Gasteiger partial charge is 0.315 e. The Labute approximate surface area is 237 Å². The molecule has 2 aliphatic rings. The molecule has 1 unspecified atom stereocenters. The summed E-state index contributed by atoms with van der Waals surface area (Å²) in [5, 5.41) is 29.7. The molecule has 3 amide bonds. The number of nitrogens with one attached hydrogen (secondary N) is 3. The van der Waals surface area contributed by atoms with Crippen LogP contribution < -0.4 is 21.7 Å². The lowest BCUT2D eigenvalue weighted by Gasteiger charge is -2.16. The number of fused-ring (bicyclic) bond motifs is 1. The number of nitrogen functional groups attached to an aromatic ring is 1. The molecular formula is C26H38N8O5S. The van der Waals surface area contributed by atoms with Crippen LogP contribution in [-0.4, -0.2) is 90.1 Å². The zero-order valence-electron chi connectivity index (χ0n) is 22.6. The van der Waals surface area contributed by atoms with Gasteiger partial charge in [-0.2, -0.15) is 0 Å². The number of thioether (sulfide) groups is 1. The van der Waals surface area contributed by atoms with Crippen LogP contribution in [0.15, 0.2) is 12.7 Å². The average Bonchev–Trinajstić information content (AvgIpc) is 3.58. The predicted molar refractivity (Wildman–Crippen MR) is 151 cm³/mol. The number of imidazole rings is 1. The van der Waals surface area contributed by atoms with Crippen LogP contribution in [0.25, 0.3) is 11.2 Å². The lowest BCUT2D eigenvalue weighted by atomic mass is 10.0. The van der Waals surface area contributed by atoms with Crippen molar-refractivity contribution in [2.45, 2.75) is 88.5 Å². The predicted octanol–water partition coefficient (Wildman–Crippen LogP) is 0.681. The van der Waals surface area contributed by atoms with Gasteiger partial charge in [0.25, 0.3) is 0 Å². The van der Waals surface area contributed by atoms with Crippen molar-refractivity contribution in [3.05, 3.63) is 12.7 Å². The number of aliphatic hydroxyl groups excluding tert-OH is 2. The molecule has 13 nitrogen and oxygen atoms in total. The van der Waals surface area contributed by atoms with E-state index >= 15 is 0 Å². The summed E-state index contributed by atoms with van der Waals surface area (Å²) in [5.74, 6) is 7.52. The molecular weight excluding hydrogens is 536 g/mol. The Balaban J connectivity index is 1.04. The first-order valence-corrected chi connectivity index (χ1v) is 14.8. The number of ether oxygens (including phenoxy) is 1. The average molecular weight is 575 g/mol. The second-order valence-electron chi connectivity index (χ2n) is 10.1. The van der Waals surface area contributed by atoms with Crippen molar-refractivity contribution in [3.63, 3.8) is 0 Å². The fraction of sp³-hybridized carbons (Fsp3) is 0.654. The third kappa shape index (κ3) is 7.75. The summed E-state index contributed by atoms with van der Waals surface area (Å²) in [7, 11) is 0. The third-order valence-electron chi connectivity index (χ3n) is 7.08. The molecule has 218 valence electrons. The zero-order chi connectivity index (χ0) is 28.5. The van der Waals surface area contributed by atoms with Crippen LogP contribution in [0.1, 0.15) is 58.1 Å². The number of nitrogens with zero attached hydrogens (tertiary/aromatic N) is 4. The molecule has 0 aromatic carbocycles. The van der Waals surface area contributed by atoms with Gasteiger partial charge in [0.1, 0.15) is 24.1 Å². The molecule has 2 aromatic rings. The minimum atomic E-state index is -1.14. The number of anilines is 1. The Bertz CT molecular complexity index is 1220. The molecule has 0 aliphatic carbocycles. The summed E-state index contributed by atoms with van der Waals surface area (Å²) in [4.78, 5) is 35.6. The highest BCUT2D eigenvalue weighted by atomic mass is 32.2. The van der Waals surface area contributed by atoms with E-state index in [9.17, 15) is 19.8 Å². The highest BCUT2D eigenvalue weighted by molar-refractivity contribution is 7.99. The SMILES string of the molecule is C[C@@H]1NC(=O)N[C@@H]1CCCCCC(=O)NCCCC#CCSC[C@H]1O[C@@H](n2cnc3c(N)ncnc32)[C@@H](O)C1O. The first-order chi connectivity index (χ1) is 19.3. The van der Waals surface area contributed by atoms with E-state index in [-0.39, 0.29) is 29.8 Å². The summed E-state index contributed by atoms with van der Waals surface area (Å²) >= 11 is 1.52. The van der Waals surface area contributed by atoms with Crippen LogP contribution in [0.3, 0.4) is 0 Å². The fourth-order valence-electron chi connectivity index (χ4n) is 4.80. The van der Waals surface area contributed by atoms with Crippen molar-refractivity contribution in [2.24, 2.45) is 0 Å². The summed E-state index contributed by atoms with van der Waals surface area (Å²) in [5.41, 5.74) is 6.67. The molecule has 2 aliphatic heterocycles. The van der Waals surface area contributed by atoms with Gasteiger partial charge in [0, 0.05) is 31.2 Å². The lowest BCUT2D eigenvalue weighted by Crippen LogP contribution is -2.32. The number of amides is 3. The first kappa shape index (κ1) is 29.9. The Morgan fingerprint density at radius 2 is 2.02 bits per heavy atom. The van der Waals surface area contributed by atoms with Crippen molar-refractivity contribution < 1.29 is 24.5 Å². The monoisotopic (exact) mass is 574 g/mol. The number of urea groups is 1. The van der Waals surface area contributed by atoms with E-state index in [0.717, 1.165) is 32.1 Å². The van der Waals surface area contributed by atoms with Gasteiger partial charge in [-0.15, -0.1) is 17.7 Å². The van der Waals surface area contributed by atoms with Gasteiger partial charge >= 0.3 is 6.03 Å². The second-order valence-corrected chi connectivity index (χ2v) is 11.1. The molecule has 0 saturated carbocycles. The molecule has 40 heavy (non-hydrogen) atoms. The number of nitrogens with two attached hydrogens (primary N) is 1. The number of aromatic nitrogens is 4. The van der Waals surface area contributed by atoms with Crippen molar-refractivity contribution in [2.75, 3.05) is 23.8 Å². The molecule has 2 saturated heterocycles. The number of carbonyl (C=O) groups excluding carboxylic acids is 2. The fourth-order valence-corrected chi connectivity index (χ4v) is 5.63. The summed E-state index contributed by atoms with van der Waals surface area (Å²) in [6, 6.07) is 0.229. The van der Waals surface area contributed by atoms with Crippen molar-refractivity contribution >= 4 is 40.7 Å². The highest BCUT2D eigenvalue weighted by Crippen LogP contribution is 2.33. The standard InChI is InChI=1S/C26H38N8O5S/c1-16-17(33-26(38)32-16)9-5-4-6-10-19(35)28-11-7-2-3-8-12-40-13-18-21(36)22(37)25(39-18)34-15-31-20-23(27)29-14-30-24(20)34/h14-18,21-22,25,36-37H,2,4-7,9-13H2,1H3,(H,28,35)(H2,27,29,30)(H2,32,33,38)/t16-,17+,18+,21?,22-,25+/m0/s1. The van der Waals surface area contributed by atoms with Crippen LogP contribution >= 0.6 is 11.8 Å². The maximum atomic E-state index is 12.0. The highest BCUT2D eigenvalue weighted by Gasteiger charge is 2.44. The molecule has 2 aromatic heterocycles. The molecule has 4 rings (SSSR count). The Morgan fingerprint density at radius 1 is 1.18 bits per heavy atom. The molecule has 0 spiro atoms. The van der Waals surface area contributed by atoms with Crippen molar-refractivity contribution in [1.29, 1.82) is 0 Å². The van der Waals surface area contributed by atoms with Crippen molar-refractivity contribution in [3.8, 4) is 11.8 Å². The van der Waals surface area contributed by atoms with E-state index < -0.39 is 24.5 Å². The normalized spacial score (nSPS) is 25.8. The van der Waals surface area contributed by atoms with E-state index in [2.05, 4.69) is 42.7 Å². The molecule has 14 heteroatoms. The zero-order valence-corrected chi connectivity index (χ0v) is 23.4. The van der Waals surface area contributed by atoms with E-state index in [1.165, 1.54) is 24.4 Å². The summed E-state index contributed by atoms with van der Waals surface area (Å²) < 4.78 is 7.49. The minimum absolute atomic E-state index is 0.0583. The van der Waals surface area contributed by atoms with Gasteiger partial charge < -0.3 is 36.6 Å². The quantitative estimate of drug-likeness (QED) is 0.147. The maximum absolute atomic E-state index is 12.0. The largest absolute Gasteiger partial charge is 0.387 e. The number of rotatable bonds is 13. The van der Waals surface area contributed by atoms with Gasteiger partial charge in [-0.05, 0) is 26.2 Å². The van der Waals surface area contributed by atoms with Gasteiger partial charge in [0.2, 0.25) is 5.91 Å². The van der Waals surface area contributed by atoms with Gasteiger partial charge in [-0.1, -0.05) is 18.8 Å². The number of hydrogen-bond acceptors (Lipinski definition) is 10. The van der Waals surface area contributed by atoms with Crippen LogP contribution in [0.4, 0.5) is 10.6 Å². The minimum Gasteiger partial charge on any atom is -0.387 e. The first-order valence-electron chi connectivity index (χ1n) is 13.7. The third-order valence-corrected chi connectivity index (χ3v) is 7.99. The molecule has 6 atom stereocenters. The van der Waals surface area contributed by atoms with Gasteiger partial charge in [-0.3, -0.25) is 9.36 Å². The Hall–Kier alpha value is -3.12. The lowest BCUT2D eigenvalue weighted by molar-refractivity contribution is -0.121. The van der Waals surface area contributed by atoms with Gasteiger partial charge in [0.05, 0.1) is 24.2 Å². The molecule has 4 heterocycles. The number of carbonyl (C=O) groups is 2. The van der Waals surface area contributed by atoms with E-state index in [1.54, 1.807) is 4.57 Å². The second kappa shape index (κ2) is 14.5. The number of unbranched alkanes of at least 4 members (excludes halogenated alkanes) is 3. The van der Waals surface area contributed by atoms with Crippen LogP contribution in [-0.2, 0) is 9.53 Å². The molecule has 0 radical (unpaired) electrons. The Morgan fingerprint density at radius 3 is 2.83 bits per heavy atom. The maximum Gasteiger partial charge on any atom is 0.315 e. The van der Waals surface area contributed by atoms with Crippen LogP contribution in [0.5, 0.6) is 0 Å².